The molecule has 1 aromatic heterocycles. The van der Waals surface area contributed by atoms with Gasteiger partial charge in [-0.15, -0.1) is 0 Å². The molecule has 2 nitrogen and oxygen atoms in total. The lowest BCUT2D eigenvalue weighted by Gasteiger charge is -2.02. The van der Waals surface area contributed by atoms with E-state index < -0.39 is 0 Å². The highest BCUT2D eigenvalue weighted by atomic mass is 35.5. The molecule has 0 saturated heterocycles. The summed E-state index contributed by atoms with van der Waals surface area (Å²) in [6, 6.07) is 7.79. The van der Waals surface area contributed by atoms with Crippen molar-refractivity contribution in [2.45, 2.75) is 13.5 Å². The summed E-state index contributed by atoms with van der Waals surface area (Å²) < 4.78 is 2.76. The average molecular weight is 239 g/mol. The standard InChI is InChI=1S/C11H11ClN2S/c1-8-6-14(11(15)13-8)7-9-2-4-10(12)5-3-9/h2-6H,7H2,1H3,(H,13,15). The van der Waals surface area contributed by atoms with E-state index in [-0.39, 0.29) is 0 Å². The fraction of sp³-hybridized carbons (Fsp3) is 0.182. The maximum atomic E-state index is 5.82. The Morgan fingerprint density at radius 1 is 1.33 bits per heavy atom. The van der Waals surface area contributed by atoms with E-state index in [9.17, 15) is 0 Å². The molecular weight excluding hydrogens is 228 g/mol. The zero-order valence-electron chi connectivity index (χ0n) is 8.33. The van der Waals surface area contributed by atoms with Crippen molar-refractivity contribution in [1.29, 1.82) is 0 Å². The van der Waals surface area contributed by atoms with Gasteiger partial charge in [-0.3, -0.25) is 0 Å². The Labute approximate surface area is 98.5 Å². The summed E-state index contributed by atoms with van der Waals surface area (Å²) in [7, 11) is 0. The molecule has 78 valence electrons. The SMILES string of the molecule is Cc1cn(Cc2ccc(Cl)cc2)c(=S)[nH]1. The predicted molar refractivity (Wildman–Crippen MR) is 64.9 cm³/mol. The van der Waals surface area contributed by atoms with E-state index in [1.165, 1.54) is 5.56 Å². The molecule has 4 heteroatoms. The Balaban J connectivity index is 2.25. The van der Waals surface area contributed by atoms with Crippen LogP contribution >= 0.6 is 23.8 Å². The van der Waals surface area contributed by atoms with Gasteiger partial charge in [0, 0.05) is 23.5 Å². The number of nitrogens with zero attached hydrogens (tertiary/aromatic N) is 1. The Hall–Kier alpha value is -1.06. The van der Waals surface area contributed by atoms with E-state index in [2.05, 4.69) is 4.98 Å². The number of nitrogens with one attached hydrogen (secondary N) is 1. The fourth-order valence-electron chi connectivity index (χ4n) is 1.47. The number of aromatic nitrogens is 2. The molecule has 0 spiro atoms. The van der Waals surface area contributed by atoms with E-state index in [1.807, 2.05) is 42.0 Å². The van der Waals surface area contributed by atoms with Gasteiger partial charge in [-0.05, 0) is 36.8 Å². The van der Waals surface area contributed by atoms with Crippen molar-refractivity contribution in [3.05, 3.63) is 51.5 Å². The molecular formula is C11H11ClN2S. The lowest BCUT2D eigenvalue weighted by atomic mass is 10.2. The van der Waals surface area contributed by atoms with Crippen LogP contribution in [0, 0.1) is 11.7 Å². The number of aryl methyl sites for hydroxylation is 1. The molecule has 2 rings (SSSR count). The smallest absolute Gasteiger partial charge is 0.177 e. The first kappa shape index (κ1) is 10.5. The van der Waals surface area contributed by atoms with E-state index in [0.717, 1.165) is 22.0 Å². The summed E-state index contributed by atoms with van der Waals surface area (Å²) in [5, 5.41) is 0.757. The van der Waals surface area contributed by atoms with Crippen LogP contribution in [0.3, 0.4) is 0 Å². The summed E-state index contributed by atoms with van der Waals surface area (Å²) in [5.74, 6) is 0. The van der Waals surface area contributed by atoms with E-state index in [0.29, 0.717) is 0 Å². The van der Waals surface area contributed by atoms with E-state index in [1.54, 1.807) is 0 Å². The van der Waals surface area contributed by atoms with Crippen molar-refractivity contribution in [2.75, 3.05) is 0 Å². The van der Waals surface area contributed by atoms with Gasteiger partial charge in [0.25, 0.3) is 0 Å². The molecule has 0 aliphatic heterocycles. The Morgan fingerprint density at radius 3 is 2.53 bits per heavy atom. The third-order valence-corrected chi connectivity index (χ3v) is 2.77. The fourth-order valence-corrected chi connectivity index (χ4v) is 1.87. The molecule has 0 aliphatic carbocycles. The van der Waals surface area contributed by atoms with Crippen LogP contribution in [0.1, 0.15) is 11.3 Å². The van der Waals surface area contributed by atoms with Crippen molar-refractivity contribution in [3.63, 3.8) is 0 Å². The van der Waals surface area contributed by atoms with Gasteiger partial charge in [0.15, 0.2) is 4.77 Å². The molecule has 0 bridgehead atoms. The van der Waals surface area contributed by atoms with Gasteiger partial charge in [-0.25, -0.2) is 0 Å². The van der Waals surface area contributed by atoms with E-state index in [4.69, 9.17) is 23.8 Å². The topological polar surface area (TPSA) is 20.7 Å². The maximum absolute atomic E-state index is 5.82. The van der Waals surface area contributed by atoms with Crippen LogP contribution in [0.2, 0.25) is 5.02 Å². The number of aromatic amines is 1. The number of halogens is 1. The minimum atomic E-state index is 0.752. The molecule has 2 aromatic rings. The largest absolute Gasteiger partial charge is 0.335 e. The number of imidazole rings is 1. The van der Waals surface area contributed by atoms with Crippen molar-refractivity contribution < 1.29 is 0 Å². The highest BCUT2D eigenvalue weighted by molar-refractivity contribution is 7.71. The Kier molecular flexibility index (Phi) is 2.93. The van der Waals surface area contributed by atoms with E-state index >= 15 is 0 Å². The molecule has 0 unspecified atom stereocenters. The van der Waals surface area contributed by atoms with Crippen molar-refractivity contribution in [1.82, 2.24) is 9.55 Å². The van der Waals surface area contributed by atoms with Gasteiger partial charge >= 0.3 is 0 Å². The maximum Gasteiger partial charge on any atom is 0.177 e. The van der Waals surface area contributed by atoms with Crippen LogP contribution in [0.25, 0.3) is 0 Å². The predicted octanol–water partition coefficient (Wildman–Crippen LogP) is 3.56. The first-order valence-corrected chi connectivity index (χ1v) is 5.44. The second-order valence-electron chi connectivity index (χ2n) is 3.50. The normalized spacial score (nSPS) is 10.5. The minimum absolute atomic E-state index is 0.752. The van der Waals surface area contributed by atoms with Gasteiger partial charge in [0.05, 0.1) is 0 Å². The first-order chi connectivity index (χ1) is 7.15. The molecule has 1 N–H and O–H groups in total. The van der Waals surface area contributed by atoms with Crippen LogP contribution in [-0.2, 0) is 6.54 Å². The molecule has 0 amide bonds. The zero-order chi connectivity index (χ0) is 10.8. The second kappa shape index (κ2) is 4.21. The molecule has 0 radical (unpaired) electrons. The number of H-pyrrole nitrogens is 1. The summed E-state index contributed by atoms with van der Waals surface area (Å²) in [6.45, 7) is 2.77. The first-order valence-electron chi connectivity index (χ1n) is 4.65. The zero-order valence-corrected chi connectivity index (χ0v) is 9.90. The molecule has 1 aromatic carbocycles. The van der Waals surface area contributed by atoms with Crippen LogP contribution in [-0.4, -0.2) is 9.55 Å². The molecule has 0 saturated carbocycles. The summed E-state index contributed by atoms with van der Waals surface area (Å²) in [5.41, 5.74) is 2.27. The minimum Gasteiger partial charge on any atom is -0.335 e. The highest BCUT2D eigenvalue weighted by Gasteiger charge is 1.98. The van der Waals surface area contributed by atoms with Crippen LogP contribution in [0.5, 0.6) is 0 Å². The molecule has 1 heterocycles. The van der Waals surface area contributed by atoms with Crippen molar-refractivity contribution in [2.24, 2.45) is 0 Å². The Bertz CT molecular complexity index is 510. The highest BCUT2D eigenvalue weighted by Crippen LogP contribution is 2.11. The monoisotopic (exact) mass is 238 g/mol. The summed E-state index contributed by atoms with van der Waals surface area (Å²) in [6.07, 6.45) is 2.01. The van der Waals surface area contributed by atoms with Gasteiger partial charge < -0.3 is 9.55 Å². The molecule has 0 aliphatic rings. The molecule has 0 fully saturated rings. The van der Waals surface area contributed by atoms with Gasteiger partial charge in [0.2, 0.25) is 0 Å². The summed E-state index contributed by atoms with van der Waals surface area (Å²) >= 11 is 11.0. The lowest BCUT2D eigenvalue weighted by molar-refractivity contribution is 0.784. The van der Waals surface area contributed by atoms with Gasteiger partial charge in [-0.1, -0.05) is 23.7 Å². The van der Waals surface area contributed by atoms with Crippen LogP contribution < -0.4 is 0 Å². The second-order valence-corrected chi connectivity index (χ2v) is 4.32. The van der Waals surface area contributed by atoms with Crippen molar-refractivity contribution >= 4 is 23.8 Å². The number of benzene rings is 1. The van der Waals surface area contributed by atoms with Gasteiger partial charge in [0.1, 0.15) is 0 Å². The average Bonchev–Trinajstić information content (AvgIpc) is 2.49. The van der Waals surface area contributed by atoms with Gasteiger partial charge in [-0.2, -0.15) is 0 Å². The molecule has 15 heavy (non-hydrogen) atoms. The molecule has 0 atom stereocenters. The number of rotatable bonds is 2. The lowest BCUT2D eigenvalue weighted by Crippen LogP contribution is -1.97. The number of hydrogen-bond donors (Lipinski definition) is 1. The number of hydrogen-bond acceptors (Lipinski definition) is 1. The quantitative estimate of drug-likeness (QED) is 0.794. The Morgan fingerprint density at radius 2 is 2.00 bits per heavy atom. The van der Waals surface area contributed by atoms with Crippen molar-refractivity contribution in [3.8, 4) is 0 Å². The van der Waals surface area contributed by atoms with Crippen LogP contribution in [0.15, 0.2) is 30.5 Å². The third kappa shape index (κ3) is 2.49. The summed E-state index contributed by atoms with van der Waals surface area (Å²) in [4.78, 5) is 3.09. The third-order valence-electron chi connectivity index (χ3n) is 2.18. The van der Waals surface area contributed by atoms with Crippen LogP contribution in [0.4, 0.5) is 0 Å².